The van der Waals surface area contributed by atoms with Crippen LogP contribution >= 0.6 is 0 Å². The highest BCUT2D eigenvalue weighted by Crippen LogP contribution is 2.16. The Labute approximate surface area is 164 Å². The SMILES string of the molecule is CCCCCCCCCCCC(=O)OCCCCC(C)CCCCCC. The first kappa shape index (κ1) is 25.5. The molecule has 1 atom stereocenters. The van der Waals surface area contributed by atoms with Gasteiger partial charge in [-0.2, -0.15) is 0 Å². The second-order valence-corrected chi connectivity index (χ2v) is 8.25. The molecule has 0 fully saturated rings. The van der Waals surface area contributed by atoms with Gasteiger partial charge in [0.15, 0.2) is 0 Å². The Kier molecular flexibility index (Phi) is 20.4. The molecule has 1 unspecified atom stereocenters. The number of esters is 1. The molecule has 0 saturated heterocycles. The van der Waals surface area contributed by atoms with Gasteiger partial charge in [-0.05, 0) is 25.2 Å². The van der Waals surface area contributed by atoms with Gasteiger partial charge in [-0.15, -0.1) is 0 Å². The summed E-state index contributed by atoms with van der Waals surface area (Å²) in [5.41, 5.74) is 0. The van der Waals surface area contributed by atoms with Crippen molar-refractivity contribution in [1.29, 1.82) is 0 Å². The van der Waals surface area contributed by atoms with Gasteiger partial charge in [-0.25, -0.2) is 0 Å². The summed E-state index contributed by atoms with van der Waals surface area (Å²) in [6.45, 7) is 7.51. The standard InChI is InChI=1S/C24H48O2/c1-4-6-8-10-11-12-13-14-16-21-24(25)26-22-18-17-20-23(3)19-15-9-7-5-2/h23H,4-22H2,1-3H3. The Morgan fingerprint density at radius 3 is 1.69 bits per heavy atom. The molecule has 0 rings (SSSR count). The van der Waals surface area contributed by atoms with Gasteiger partial charge in [-0.3, -0.25) is 4.79 Å². The minimum Gasteiger partial charge on any atom is -0.466 e. The van der Waals surface area contributed by atoms with Crippen LogP contribution in [0.2, 0.25) is 0 Å². The summed E-state index contributed by atoms with van der Waals surface area (Å²) >= 11 is 0. The third-order valence-electron chi connectivity index (χ3n) is 5.39. The van der Waals surface area contributed by atoms with Crippen LogP contribution in [0.5, 0.6) is 0 Å². The predicted molar refractivity (Wildman–Crippen MR) is 115 cm³/mol. The van der Waals surface area contributed by atoms with Gasteiger partial charge < -0.3 is 4.74 Å². The maximum atomic E-state index is 11.7. The molecule has 26 heavy (non-hydrogen) atoms. The number of hydrogen-bond donors (Lipinski definition) is 0. The molecule has 0 aliphatic rings. The van der Waals surface area contributed by atoms with E-state index in [1.54, 1.807) is 0 Å². The van der Waals surface area contributed by atoms with E-state index in [4.69, 9.17) is 4.74 Å². The van der Waals surface area contributed by atoms with Gasteiger partial charge in [0.2, 0.25) is 0 Å². The zero-order valence-electron chi connectivity index (χ0n) is 18.3. The van der Waals surface area contributed by atoms with Crippen molar-refractivity contribution in [2.24, 2.45) is 5.92 Å². The molecule has 2 nitrogen and oxygen atoms in total. The molecule has 0 aliphatic carbocycles. The van der Waals surface area contributed by atoms with Gasteiger partial charge in [0.25, 0.3) is 0 Å². The molecule has 0 saturated carbocycles. The summed E-state index contributed by atoms with van der Waals surface area (Å²) < 4.78 is 5.37. The third kappa shape index (κ3) is 19.8. The highest BCUT2D eigenvalue weighted by atomic mass is 16.5. The van der Waals surface area contributed by atoms with Gasteiger partial charge >= 0.3 is 5.97 Å². The number of carbonyl (C=O) groups excluding carboxylic acids is 1. The molecule has 0 aromatic carbocycles. The van der Waals surface area contributed by atoms with Gasteiger partial charge in [0.05, 0.1) is 6.61 Å². The van der Waals surface area contributed by atoms with E-state index in [0.29, 0.717) is 13.0 Å². The topological polar surface area (TPSA) is 26.3 Å². The molecule has 0 aromatic heterocycles. The number of carbonyl (C=O) groups is 1. The lowest BCUT2D eigenvalue weighted by molar-refractivity contribution is -0.143. The summed E-state index contributed by atoms with van der Waals surface area (Å²) in [7, 11) is 0. The minimum absolute atomic E-state index is 0.0144. The van der Waals surface area contributed by atoms with Crippen molar-refractivity contribution in [3.63, 3.8) is 0 Å². The zero-order chi connectivity index (χ0) is 19.3. The number of rotatable bonds is 20. The first-order valence-corrected chi connectivity index (χ1v) is 11.9. The van der Waals surface area contributed by atoms with Crippen LogP contribution in [0.25, 0.3) is 0 Å². The summed E-state index contributed by atoms with van der Waals surface area (Å²) in [5.74, 6) is 0.838. The quantitative estimate of drug-likeness (QED) is 0.160. The van der Waals surface area contributed by atoms with Crippen LogP contribution in [0, 0.1) is 5.92 Å². The Morgan fingerprint density at radius 1 is 0.654 bits per heavy atom. The normalized spacial score (nSPS) is 12.3. The van der Waals surface area contributed by atoms with E-state index in [1.165, 1.54) is 96.3 Å². The van der Waals surface area contributed by atoms with E-state index >= 15 is 0 Å². The summed E-state index contributed by atoms with van der Waals surface area (Å²) in [6, 6.07) is 0. The van der Waals surface area contributed by atoms with Crippen molar-refractivity contribution >= 4 is 5.97 Å². The van der Waals surface area contributed by atoms with Gasteiger partial charge in [0, 0.05) is 6.42 Å². The van der Waals surface area contributed by atoms with Crippen LogP contribution < -0.4 is 0 Å². The van der Waals surface area contributed by atoms with E-state index in [9.17, 15) is 4.79 Å². The lowest BCUT2D eigenvalue weighted by Gasteiger charge is -2.11. The van der Waals surface area contributed by atoms with Crippen LogP contribution in [0.4, 0.5) is 0 Å². The van der Waals surface area contributed by atoms with Crippen molar-refractivity contribution in [3.05, 3.63) is 0 Å². The molecule has 0 heterocycles. The van der Waals surface area contributed by atoms with E-state index in [1.807, 2.05) is 0 Å². The van der Waals surface area contributed by atoms with Crippen LogP contribution in [0.1, 0.15) is 136 Å². The number of unbranched alkanes of at least 4 members (excludes halogenated alkanes) is 12. The average Bonchev–Trinajstić information content (AvgIpc) is 2.63. The molecule has 0 aliphatic heterocycles. The van der Waals surface area contributed by atoms with Crippen molar-refractivity contribution in [2.75, 3.05) is 6.61 Å². The molecule has 0 N–H and O–H groups in total. The molecule has 0 spiro atoms. The fourth-order valence-corrected chi connectivity index (χ4v) is 3.50. The minimum atomic E-state index is 0.0144. The maximum Gasteiger partial charge on any atom is 0.305 e. The van der Waals surface area contributed by atoms with Crippen LogP contribution in [0.15, 0.2) is 0 Å². The van der Waals surface area contributed by atoms with Crippen LogP contribution in [0.3, 0.4) is 0 Å². The molecule has 2 heteroatoms. The molecular formula is C24H48O2. The third-order valence-corrected chi connectivity index (χ3v) is 5.39. The molecule has 0 bridgehead atoms. The first-order chi connectivity index (χ1) is 12.7. The fraction of sp³-hybridized carbons (Fsp3) is 0.958. The lowest BCUT2D eigenvalue weighted by Crippen LogP contribution is -2.06. The second kappa shape index (κ2) is 20.8. The number of hydrogen-bond acceptors (Lipinski definition) is 2. The van der Waals surface area contributed by atoms with Gasteiger partial charge in [-0.1, -0.05) is 111 Å². The van der Waals surface area contributed by atoms with E-state index < -0.39 is 0 Å². The zero-order valence-corrected chi connectivity index (χ0v) is 18.3. The molecule has 0 radical (unpaired) electrons. The Bertz CT molecular complexity index is 288. The molecular weight excluding hydrogens is 320 g/mol. The second-order valence-electron chi connectivity index (χ2n) is 8.25. The first-order valence-electron chi connectivity index (χ1n) is 11.9. The van der Waals surface area contributed by atoms with E-state index in [-0.39, 0.29) is 5.97 Å². The predicted octanol–water partition coefficient (Wildman–Crippen LogP) is 8.23. The highest BCUT2D eigenvalue weighted by molar-refractivity contribution is 5.69. The smallest absolute Gasteiger partial charge is 0.305 e. The Balaban J connectivity index is 3.26. The van der Waals surface area contributed by atoms with Crippen molar-refractivity contribution in [1.82, 2.24) is 0 Å². The fourth-order valence-electron chi connectivity index (χ4n) is 3.50. The van der Waals surface area contributed by atoms with Crippen LogP contribution in [-0.4, -0.2) is 12.6 Å². The average molecular weight is 369 g/mol. The van der Waals surface area contributed by atoms with E-state index in [2.05, 4.69) is 20.8 Å². The summed E-state index contributed by atoms with van der Waals surface area (Å²) in [5, 5.41) is 0. The summed E-state index contributed by atoms with van der Waals surface area (Å²) in [6.07, 6.45) is 22.6. The van der Waals surface area contributed by atoms with E-state index in [0.717, 1.165) is 18.8 Å². The Hall–Kier alpha value is -0.530. The maximum absolute atomic E-state index is 11.7. The number of ether oxygens (including phenoxy) is 1. The van der Waals surface area contributed by atoms with Gasteiger partial charge in [0.1, 0.15) is 0 Å². The molecule has 0 aromatic rings. The Morgan fingerprint density at radius 2 is 1.12 bits per heavy atom. The summed E-state index contributed by atoms with van der Waals surface area (Å²) in [4.78, 5) is 11.7. The molecule has 0 amide bonds. The van der Waals surface area contributed by atoms with Crippen LogP contribution in [-0.2, 0) is 9.53 Å². The van der Waals surface area contributed by atoms with Crippen molar-refractivity contribution in [2.45, 2.75) is 136 Å². The highest BCUT2D eigenvalue weighted by Gasteiger charge is 2.04. The van der Waals surface area contributed by atoms with Crippen molar-refractivity contribution < 1.29 is 9.53 Å². The largest absolute Gasteiger partial charge is 0.466 e. The molecule has 156 valence electrons. The van der Waals surface area contributed by atoms with Crippen molar-refractivity contribution in [3.8, 4) is 0 Å². The lowest BCUT2D eigenvalue weighted by atomic mass is 9.97. The monoisotopic (exact) mass is 368 g/mol.